The van der Waals surface area contributed by atoms with Crippen LogP contribution in [-0.2, 0) is 19.1 Å². The van der Waals surface area contributed by atoms with Gasteiger partial charge in [-0.15, -0.1) is 0 Å². The molecule has 5 atom stereocenters. The number of aliphatic carboxylic acids is 1. The van der Waals surface area contributed by atoms with E-state index >= 15 is 0 Å². The van der Waals surface area contributed by atoms with Crippen LogP contribution in [0.5, 0.6) is 0 Å². The molecule has 8 nitrogen and oxygen atoms in total. The van der Waals surface area contributed by atoms with Crippen molar-refractivity contribution in [2.45, 2.75) is 37.6 Å². The molecule has 0 unspecified atom stereocenters. The Hall–Kier alpha value is -1.22. The van der Waals surface area contributed by atoms with Crippen molar-refractivity contribution < 1.29 is 39.5 Å². The summed E-state index contributed by atoms with van der Waals surface area (Å²) in [4.78, 5) is 21.2. The minimum atomic E-state index is -1.80. The highest BCUT2D eigenvalue weighted by Crippen LogP contribution is 2.22. The van der Waals surface area contributed by atoms with Gasteiger partial charge in [0.2, 0.25) is 0 Å². The molecule has 1 aliphatic heterocycles. The molecule has 1 saturated heterocycles. The zero-order chi connectivity index (χ0) is 12.5. The molecular weight excluding hydrogens is 224 g/mol. The Kier molecular flexibility index (Phi) is 3.81. The maximum atomic E-state index is 10.6. The normalized spacial score (nSPS) is 39.1. The summed E-state index contributed by atoms with van der Waals surface area (Å²) in [6.07, 6.45) is -8.60. The van der Waals surface area contributed by atoms with Gasteiger partial charge in [-0.05, 0) is 0 Å². The fourth-order valence-corrected chi connectivity index (χ4v) is 1.37. The van der Waals surface area contributed by atoms with E-state index in [1.807, 2.05) is 0 Å². The first-order chi connectivity index (χ1) is 7.34. The van der Waals surface area contributed by atoms with Gasteiger partial charge in [0.15, 0.2) is 18.5 Å². The maximum absolute atomic E-state index is 10.6. The minimum absolute atomic E-state index is 0.798. The smallest absolute Gasteiger partial charge is 0.335 e. The molecular formula is C8H12O8. The van der Waals surface area contributed by atoms with Crippen LogP contribution in [0.15, 0.2) is 0 Å². The summed E-state index contributed by atoms with van der Waals surface area (Å²) < 4.78 is 9.01. The lowest BCUT2D eigenvalue weighted by atomic mass is 9.99. The quantitative estimate of drug-likeness (QED) is 0.385. The van der Waals surface area contributed by atoms with E-state index in [1.54, 1.807) is 0 Å². The topological polar surface area (TPSA) is 134 Å². The highest BCUT2D eigenvalue weighted by atomic mass is 16.7. The van der Waals surface area contributed by atoms with Crippen LogP contribution in [0.1, 0.15) is 6.92 Å². The second-order valence-electron chi connectivity index (χ2n) is 3.34. The Morgan fingerprint density at radius 1 is 1.19 bits per heavy atom. The number of ether oxygens (including phenoxy) is 2. The molecule has 0 spiro atoms. The summed E-state index contributed by atoms with van der Waals surface area (Å²) in [5, 5.41) is 36.7. The van der Waals surface area contributed by atoms with E-state index < -0.39 is 42.6 Å². The first-order valence-corrected chi connectivity index (χ1v) is 4.44. The summed E-state index contributed by atoms with van der Waals surface area (Å²) in [7, 11) is 0. The van der Waals surface area contributed by atoms with Gasteiger partial charge in [0.25, 0.3) is 0 Å². The number of carboxylic acids is 1. The van der Waals surface area contributed by atoms with E-state index in [-0.39, 0.29) is 0 Å². The van der Waals surface area contributed by atoms with Crippen LogP contribution < -0.4 is 0 Å². The monoisotopic (exact) mass is 236 g/mol. The van der Waals surface area contributed by atoms with Crippen molar-refractivity contribution in [3.05, 3.63) is 0 Å². The predicted octanol–water partition coefficient (Wildman–Crippen LogP) is -2.56. The Morgan fingerprint density at radius 2 is 1.75 bits per heavy atom. The molecule has 92 valence electrons. The van der Waals surface area contributed by atoms with Gasteiger partial charge in [-0.1, -0.05) is 0 Å². The first-order valence-electron chi connectivity index (χ1n) is 4.44. The molecule has 0 saturated carbocycles. The van der Waals surface area contributed by atoms with Gasteiger partial charge >= 0.3 is 11.9 Å². The Balaban J connectivity index is 2.79. The van der Waals surface area contributed by atoms with Crippen molar-refractivity contribution in [1.82, 2.24) is 0 Å². The molecule has 0 amide bonds. The molecule has 0 aromatic carbocycles. The van der Waals surface area contributed by atoms with Crippen molar-refractivity contribution in [1.29, 1.82) is 0 Å². The van der Waals surface area contributed by atoms with Crippen molar-refractivity contribution in [3.8, 4) is 0 Å². The highest BCUT2D eigenvalue weighted by Gasteiger charge is 2.48. The molecule has 1 fully saturated rings. The van der Waals surface area contributed by atoms with Crippen LogP contribution in [0.25, 0.3) is 0 Å². The minimum Gasteiger partial charge on any atom is -0.479 e. The Labute approximate surface area is 90.0 Å². The molecule has 4 N–H and O–H groups in total. The number of hydrogen-bond donors (Lipinski definition) is 4. The molecule has 0 radical (unpaired) electrons. The molecule has 0 aliphatic carbocycles. The van der Waals surface area contributed by atoms with E-state index in [2.05, 4.69) is 9.47 Å². The lowest BCUT2D eigenvalue weighted by Crippen LogP contribution is -2.60. The van der Waals surface area contributed by atoms with Crippen LogP contribution in [0.2, 0.25) is 0 Å². The standard InChI is InChI=1S/C8H12O8/c1-2(9)15-6-4(11)3(10)5(7(12)13)16-8(6)14/h3-6,8,10-11,14H,1H3,(H,12,13)/t3-,4-,5-,6+,8+/m0/s1. The van der Waals surface area contributed by atoms with Gasteiger partial charge in [0.05, 0.1) is 0 Å². The van der Waals surface area contributed by atoms with Gasteiger partial charge < -0.3 is 29.9 Å². The molecule has 0 aromatic rings. The fraction of sp³-hybridized carbons (Fsp3) is 0.750. The zero-order valence-electron chi connectivity index (χ0n) is 8.31. The molecule has 0 aromatic heterocycles. The van der Waals surface area contributed by atoms with Crippen LogP contribution in [-0.4, -0.2) is 63.1 Å². The van der Waals surface area contributed by atoms with E-state index in [9.17, 15) is 24.9 Å². The largest absolute Gasteiger partial charge is 0.479 e. The lowest BCUT2D eigenvalue weighted by molar-refractivity contribution is -0.283. The van der Waals surface area contributed by atoms with Crippen molar-refractivity contribution >= 4 is 11.9 Å². The summed E-state index contributed by atoms with van der Waals surface area (Å²) in [5.41, 5.74) is 0. The summed E-state index contributed by atoms with van der Waals surface area (Å²) in [5.74, 6) is -2.33. The lowest BCUT2D eigenvalue weighted by Gasteiger charge is -2.37. The third kappa shape index (κ3) is 2.47. The second-order valence-corrected chi connectivity index (χ2v) is 3.34. The number of carbonyl (C=O) groups is 2. The number of carboxylic acid groups (broad SMARTS) is 1. The van der Waals surface area contributed by atoms with Gasteiger partial charge in [-0.3, -0.25) is 4.79 Å². The molecule has 1 aliphatic rings. The maximum Gasteiger partial charge on any atom is 0.335 e. The van der Waals surface area contributed by atoms with Crippen LogP contribution in [0, 0.1) is 0 Å². The van der Waals surface area contributed by atoms with E-state index in [0.717, 1.165) is 6.92 Å². The molecule has 8 heteroatoms. The van der Waals surface area contributed by atoms with E-state index in [4.69, 9.17) is 5.11 Å². The highest BCUT2D eigenvalue weighted by molar-refractivity contribution is 5.73. The van der Waals surface area contributed by atoms with Gasteiger partial charge in [0.1, 0.15) is 12.2 Å². The second kappa shape index (κ2) is 4.74. The number of aliphatic hydroxyl groups excluding tert-OH is 3. The van der Waals surface area contributed by atoms with Gasteiger partial charge in [-0.2, -0.15) is 0 Å². The summed E-state index contributed by atoms with van der Waals surface area (Å²) in [6, 6.07) is 0. The number of aliphatic hydroxyl groups is 3. The first kappa shape index (κ1) is 12.8. The average Bonchev–Trinajstić information content (AvgIpc) is 2.17. The number of rotatable bonds is 2. The molecule has 0 bridgehead atoms. The predicted molar refractivity (Wildman–Crippen MR) is 46.1 cm³/mol. The van der Waals surface area contributed by atoms with Crippen LogP contribution >= 0.6 is 0 Å². The van der Waals surface area contributed by atoms with Gasteiger partial charge in [-0.25, -0.2) is 4.79 Å². The van der Waals surface area contributed by atoms with Crippen LogP contribution in [0.4, 0.5) is 0 Å². The van der Waals surface area contributed by atoms with Crippen molar-refractivity contribution in [2.24, 2.45) is 0 Å². The molecule has 1 rings (SSSR count). The third-order valence-electron chi connectivity index (χ3n) is 2.11. The zero-order valence-corrected chi connectivity index (χ0v) is 8.31. The van der Waals surface area contributed by atoms with Gasteiger partial charge in [0, 0.05) is 6.92 Å². The van der Waals surface area contributed by atoms with E-state index in [1.165, 1.54) is 0 Å². The van der Waals surface area contributed by atoms with Crippen molar-refractivity contribution in [2.75, 3.05) is 0 Å². The van der Waals surface area contributed by atoms with E-state index in [0.29, 0.717) is 0 Å². The summed E-state index contributed by atoms with van der Waals surface area (Å²) in [6.45, 7) is 1.04. The third-order valence-corrected chi connectivity index (χ3v) is 2.11. The van der Waals surface area contributed by atoms with Crippen LogP contribution in [0.3, 0.4) is 0 Å². The van der Waals surface area contributed by atoms with Crippen molar-refractivity contribution in [3.63, 3.8) is 0 Å². The molecule has 1 heterocycles. The average molecular weight is 236 g/mol. The Bertz CT molecular complexity index is 290. The fourth-order valence-electron chi connectivity index (χ4n) is 1.37. The SMILES string of the molecule is CC(=O)O[C@@H]1[C@@H](O)[C@H](O)[C@@H](C(=O)O)O[C@H]1O. The number of esters is 1. The number of carbonyl (C=O) groups excluding carboxylic acids is 1. The summed E-state index contributed by atoms with van der Waals surface area (Å²) >= 11 is 0. The molecule has 16 heavy (non-hydrogen) atoms. The number of hydrogen-bond acceptors (Lipinski definition) is 7. The Morgan fingerprint density at radius 3 is 2.19 bits per heavy atom.